The molecule has 1 aliphatic rings. The lowest BCUT2D eigenvalue weighted by molar-refractivity contribution is 0.375. The molecule has 20 heavy (non-hydrogen) atoms. The second-order valence-corrected chi connectivity index (χ2v) is 8.14. The zero-order valence-electron chi connectivity index (χ0n) is 11.8. The average molecular weight is 289 g/mol. The molecule has 0 saturated carbocycles. The maximum absolute atomic E-state index is 12.9. The van der Waals surface area contributed by atoms with Gasteiger partial charge in [-0.2, -0.15) is 4.31 Å². The normalized spacial score (nSPS) is 19.5. The predicted molar refractivity (Wildman–Crippen MR) is 81.1 cm³/mol. The van der Waals surface area contributed by atoms with Gasteiger partial charge in [0.25, 0.3) is 0 Å². The van der Waals surface area contributed by atoms with Crippen LogP contribution in [0.15, 0.2) is 47.4 Å². The quantitative estimate of drug-likeness (QED) is 0.851. The molecule has 0 N–H and O–H groups in total. The highest BCUT2D eigenvalue weighted by Crippen LogP contribution is 2.34. The van der Waals surface area contributed by atoms with Crippen molar-refractivity contribution < 1.29 is 8.42 Å². The molecule has 0 unspecified atom stereocenters. The average Bonchev–Trinajstić information content (AvgIpc) is 2.79. The minimum Gasteiger partial charge on any atom is -0.207 e. The van der Waals surface area contributed by atoms with E-state index >= 15 is 0 Å². The van der Waals surface area contributed by atoms with Gasteiger partial charge >= 0.3 is 0 Å². The Bertz CT molecular complexity index is 745. The summed E-state index contributed by atoms with van der Waals surface area (Å²) in [5.41, 5.74) is 0.0671. The fourth-order valence-corrected chi connectivity index (χ4v) is 4.67. The van der Waals surface area contributed by atoms with Gasteiger partial charge < -0.3 is 0 Å². The summed E-state index contributed by atoms with van der Waals surface area (Å²) in [7, 11) is -3.40. The third-order valence-electron chi connectivity index (χ3n) is 4.01. The van der Waals surface area contributed by atoms with E-state index in [0.717, 1.165) is 17.2 Å². The summed E-state index contributed by atoms with van der Waals surface area (Å²) in [5, 5.41) is 1.77. The molecule has 1 fully saturated rings. The van der Waals surface area contributed by atoms with Gasteiger partial charge in [-0.05, 0) is 23.3 Å². The van der Waals surface area contributed by atoms with Crippen molar-refractivity contribution in [2.75, 3.05) is 13.1 Å². The largest absolute Gasteiger partial charge is 0.243 e. The van der Waals surface area contributed by atoms with E-state index in [1.54, 1.807) is 10.4 Å². The third kappa shape index (κ3) is 2.23. The Labute approximate surface area is 120 Å². The van der Waals surface area contributed by atoms with Crippen molar-refractivity contribution in [3.05, 3.63) is 42.5 Å². The van der Waals surface area contributed by atoms with E-state index in [1.807, 2.05) is 36.4 Å². The van der Waals surface area contributed by atoms with Crippen LogP contribution in [0.4, 0.5) is 0 Å². The van der Waals surface area contributed by atoms with E-state index in [1.165, 1.54) is 0 Å². The molecule has 3 rings (SSSR count). The van der Waals surface area contributed by atoms with Crippen LogP contribution < -0.4 is 0 Å². The summed E-state index contributed by atoms with van der Waals surface area (Å²) in [6.07, 6.45) is 0.914. The first-order chi connectivity index (χ1) is 9.40. The Hall–Kier alpha value is -1.39. The number of nitrogens with zero attached hydrogens (tertiary/aromatic N) is 1. The molecule has 1 saturated heterocycles. The van der Waals surface area contributed by atoms with Crippen molar-refractivity contribution in [1.82, 2.24) is 4.31 Å². The molecule has 4 heteroatoms. The molecule has 0 bridgehead atoms. The van der Waals surface area contributed by atoms with E-state index in [9.17, 15) is 8.42 Å². The lowest BCUT2D eigenvalue weighted by atomic mass is 9.93. The first kappa shape index (κ1) is 13.6. The number of benzene rings is 2. The van der Waals surface area contributed by atoms with Crippen molar-refractivity contribution in [2.45, 2.75) is 25.2 Å². The fraction of sp³-hybridized carbons (Fsp3) is 0.375. The van der Waals surface area contributed by atoms with E-state index < -0.39 is 10.0 Å². The molecular formula is C16H19NO2S. The van der Waals surface area contributed by atoms with Crippen molar-refractivity contribution >= 4 is 20.8 Å². The number of fused-ring (bicyclic) bond motifs is 1. The Kier molecular flexibility index (Phi) is 3.10. The maximum Gasteiger partial charge on any atom is 0.243 e. The van der Waals surface area contributed by atoms with Gasteiger partial charge in [0.2, 0.25) is 10.0 Å². The topological polar surface area (TPSA) is 37.4 Å². The predicted octanol–water partition coefficient (Wildman–Crippen LogP) is 3.26. The highest BCUT2D eigenvalue weighted by molar-refractivity contribution is 7.89. The van der Waals surface area contributed by atoms with Crippen molar-refractivity contribution in [1.29, 1.82) is 0 Å². The van der Waals surface area contributed by atoms with Gasteiger partial charge in [0.05, 0.1) is 4.90 Å². The van der Waals surface area contributed by atoms with E-state index in [0.29, 0.717) is 18.0 Å². The molecule has 0 aromatic heterocycles. The number of hydrogen-bond acceptors (Lipinski definition) is 2. The third-order valence-corrected chi connectivity index (χ3v) is 5.91. The smallest absolute Gasteiger partial charge is 0.207 e. The molecule has 1 heterocycles. The van der Waals surface area contributed by atoms with Gasteiger partial charge in [-0.1, -0.05) is 50.2 Å². The standard InChI is InChI=1S/C16H19NO2S/c1-16(2)10-11-17(12-16)20(18,19)15-9-5-7-13-6-3-4-8-14(13)15/h3-9H,10-12H2,1-2H3. The zero-order chi connectivity index (χ0) is 14.4. The summed E-state index contributed by atoms with van der Waals surface area (Å²) >= 11 is 0. The van der Waals surface area contributed by atoms with Crippen LogP contribution >= 0.6 is 0 Å². The molecule has 0 spiro atoms. The van der Waals surface area contributed by atoms with Gasteiger partial charge in [0.1, 0.15) is 0 Å². The number of hydrogen-bond donors (Lipinski definition) is 0. The molecule has 0 amide bonds. The van der Waals surface area contributed by atoms with Gasteiger partial charge in [-0.15, -0.1) is 0 Å². The SMILES string of the molecule is CC1(C)CCN(S(=O)(=O)c2cccc3ccccc23)C1. The first-order valence-corrected chi connectivity index (χ1v) is 8.32. The van der Waals surface area contributed by atoms with Crippen LogP contribution in [0.25, 0.3) is 10.8 Å². The summed E-state index contributed by atoms with van der Waals surface area (Å²) < 4.78 is 27.3. The number of rotatable bonds is 2. The van der Waals surface area contributed by atoms with E-state index in [2.05, 4.69) is 13.8 Å². The molecule has 3 nitrogen and oxygen atoms in total. The maximum atomic E-state index is 12.9. The second-order valence-electron chi connectivity index (χ2n) is 6.23. The van der Waals surface area contributed by atoms with Crippen LogP contribution in [0.2, 0.25) is 0 Å². The molecule has 2 aromatic carbocycles. The van der Waals surface area contributed by atoms with Gasteiger partial charge in [0.15, 0.2) is 0 Å². The Morgan fingerprint density at radius 3 is 2.45 bits per heavy atom. The molecule has 1 aliphatic heterocycles. The Morgan fingerprint density at radius 1 is 1.05 bits per heavy atom. The van der Waals surface area contributed by atoms with Crippen LogP contribution in [0.5, 0.6) is 0 Å². The van der Waals surface area contributed by atoms with Crippen molar-refractivity contribution in [3.63, 3.8) is 0 Å². The van der Waals surface area contributed by atoms with Gasteiger partial charge in [-0.25, -0.2) is 8.42 Å². The Balaban J connectivity index is 2.11. The minimum absolute atomic E-state index is 0.0671. The molecule has 0 aliphatic carbocycles. The Morgan fingerprint density at radius 2 is 1.75 bits per heavy atom. The van der Waals surface area contributed by atoms with Gasteiger partial charge in [0, 0.05) is 18.5 Å². The van der Waals surface area contributed by atoms with E-state index in [-0.39, 0.29) is 5.41 Å². The van der Waals surface area contributed by atoms with Crippen LogP contribution in [-0.4, -0.2) is 25.8 Å². The molecule has 0 atom stereocenters. The van der Waals surface area contributed by atoms with Crippen molar-refractivity contribution in [2.24, 2.45) is 5.41 Å². The van der Waals surface area contributed by atoms with Crippen LogP contribution in [-0.2, 0) is 10.0 Å². The summed E-state index contributed by atoms with van der Waals surface area (Å²) in [6.45, 7) is 5.44. The molecule has 0 radical (unpaired) electrons. The zero-order valence-corrected chi connectivity index (χ0v) is 12.7. The molecule has 106 valence electrons. The van der Waals surface area contributed by atoms with Crippen LogP contribution in [0, 0.1) is 5.41 Å². The lowest BCUT2D eigenvalue weighted by Gasteiger charge is -2.20. The molecular weight excluding hydrogens is 270 g/mol. The summed E-state index contributed by atoms with van der Waals surface area (Å²) in [6, 6.07) is 13.1. The summed E-state index contributed by atoms with van der Waals surface area (Å²) in [5.74, 6) is 0. The second kappa shape index (κ2) is 4.57. The van der Waals surface area contributed by atoms with Gasteiger partial charge in [-0.3, -0.25) is 0 Å². The monoisotopic (exact) mass is 289 g/mol. The number of sulfonamides is 1. The fourth-order valence-electron chi connectivity index (χ4n) is 2.83. The molecule has 2 aromatic rings. The van der Waals surface area contributed by atoms with Crippen molar-refractivity contribution in [3.8, 4) is 0 Å². The van der Waals surface area contributed by atoms with E-state index in [4.69, 9.17) is 0 Å². The lowest BCUT2D eigenvalue weighted by Crippen LogP contribution is -2.30. The summed E-state index contributed by atoms with van der Waals surface area (Å²) in [4.78, 5) is 0.424. The van der Waals surface area contributed by atoms with Crippen LogP contribution in [0.3, 0.4) is 0 Å². The minimum atomic E-state index is -3.40. The first-order valence-electron chi connectivity index (χ1n) is 6.88. The van der Waals surface area contributed by atoms with Crippen LogP contribution in [0.1, 0.15) is 20.3 Å². The highest BCUT2D eigenvalue weighted by Gasteiger charge is 2.37. The highest BCUT2D eigenvalue weighted by atomic mass is 32.2.